The predicted octanol–water partition coefficient (Wildman–Crippen LogP) is 1.90. The van der Waals surface area contributed by atoms with Crippen molar-refractivity contribution in [3.05, 3.63) is 0 Å². The van der Waals surface area contributed by atoms with Gasteiger partial charge in [-0.05, 0) is 52.2 Å². The van der Waals surface area contributed by atoms with Gasteiger partial charge in [0.25, 0.3) is 0 Å². The van der Waals surface area contributed by atoms with Crippen LogP contribution in [0.25, 0.3) is 0 Å². The van der Waals surface area contributed by atoms with Crippen LogP contribution >= 0.6 is 0 Å². The highest BCUT2D eigenvalue weighted by molar-refractivity contribution is 5.81. The molecular weight excluding hydrogens is 250 g/mol. The molecule has 4 nitrogen and oxygen atoms in total. The van der Waals surface area contributed by atoms with E-state index in [1.807, 2.05) is 0 Å². The molecule has 2 fully saturated rings. The maximum Gasteiger partial charge on any atom is 0.237 e. The maximum absolute atomic E-state index is 12.0. The number of rotatable bonds is 6. The Balaban J connectivity index is 1.55. The summed E-state index contributed by atoms with van der Waals surface area (Å²) in [7, 11) is 2.24. The number of carbonyl (C=O) groups excluding carboxylic acids is 1. The number of hydrogen-bond donors (Lipinski definition) is 2. The second kappa shape index (κ2) is 8.63. The lowest BCUT2D eigenvalue weighted by atomic mass is 9.94. The molecule has 1 unspecified atom stereocenters. The Morgan fingerprint density at radius 1 is 1.15 bits per heavy atom. The van der Waals surface area contributed by atoms with Gasteiger partial charge in [0.05, 0.1) is 6.04 Å². The van der Waals surface area contributed by atoms with E-state index in [1.54, 1.807) is 0 Å². The van der Waals surface area contributed by atoms with Crippen LogP contribution in [-0.2, 0) is 4.79 Å². The molecule has 1 atom stereocenters. The second-order valence-electron chi connectivity index (χ2n) is 6.42. The quantitative estimate of drug-likeness (QED) is 0.731. The van der Waals surface area contributed by atoms with Crippen LogP contribution in [0, 0.1) is 0 Å². The third kappa shape index (κ3) is 5.06. The van der Waals surface area contributed by atoms with E-state index in [0.29, 0.717) is 0 Å². The Morgan fingerprint density at radius 3 is 2.60 bits per heavy atom. The predicted molar refractivity (Wildman–Crippen MR) is 82.8 cm³/mol. The Hall–Kier alpha value is -0.610. The van der Waals surface area contributed by atoms with Gasteiger partial charge in [-0.15, -0.1) is 0 Å². The molecule has 1 amide bonds. The van der Waals surface area contributed by atoms with Gasteiger partial charge < -0.3 is 15.5 Å². The van der Waals surface area contributed by atoms with Gasteiger partial charge in [-0.2, -0.15) is 0 Å². The average Bonchev–Trinajstić information content (AvgIpc) is 2.53. The minimum Gasteiger partial charge on any atom is -0.355 e. The summed E-state index contributed by atoms with van der Waals surface area (Å²) in [6.07, 6.45) is 11.3. The van der Waals surface area contributed by atoms with Gasteiger partial charge in [0.15, 0.2) is 0 Å². The Labute approximate surface area is 123 Å². The van der Waals surface area contributed by atoms with Crippen LogP contribution in [0.5, 0.6) is 0 Å². The molecule has 0 aromatic rings. The van der Waals surface area contributed by atoms with Crippen molar-refractivity contribution in [2.45, 2.75) is 69.9 Å². The van der Waals surface area contributed by atoms with E-state index in [0.717, 1.165) is 38.5 Å². The second-order valence-corrected chi connectivity index (χ2v) is 6.42. The largest absolute Gasteiger partial charge is 0.355 e. The zero-order valence-corrected chi connectivity index (χ0v) is 13.0. The smallest absolute Gasteiger partial charge is 0.237 e. The van der Waals surface area contributed by atoms with Crippen LogP contribution in [0.2, 0.25) is 0 Å². The molecule has 2 rings (SSSR count). The molecule has 2 N–H and O–H groups in total. The van der Waals surface area contributed by atoms with Crippen molar-refractivity contribution in [1.29, 1.82) is 0 Å². The zero-order chi connectivity index (χ0) is 14.2. The van der Waals surface area contributed by atoms with Crippen LogP contribution in [0.4, 0.5) is 0 Å². The molecule has 20 heavy (non-hydrogen) atoms. The van der Waals surface area contributed by atoms with Gasteiger partial charge in [0.2, 0.25) is 5.91 Å². The highest BCUT2D eigenvalue weighted by atomic mass is 16.2. The Morgan fingerprint density at radius 2 is 1.90 bits per heavy atom. The summed E-state index contributed by atoms with van der Waals surface area (Å²) in [5, 5.41) is 6.38. The Kier molecular flexibility index (Phi) is 6.80. The molecule has 116 valence electrons. The molecule has 1 aliphatic heterocycles. The van der Waals surface area contributed by atoms with Gasteiger partial charge in [-0.25, -0.2) is 0 Å². The van der Waals surface area contributed by atoms with E-state index in [4.69, 9.17) is 0 Å². The first-order valence-electron chi connectivity index (χ1n) is 8.48. The minimum atomic E-state index is 0.0554. The molecule has 1 saturated carbocycles. The number of piperidine rings is 1. The average molecular weight is 281 g/mol. The summed E-state index contributed by atoms with van der Waals surface area (Å²) < 4.78 is 0. The van der Waals surface area contributed by atoms with Crippen LogP contribution in [0.15, 0.2) is 0 Å². The molecule has 0 bridgehead atoms. The number of carbonyl (C=O) groups is 1. The zero-order valence-electron chi connectivity index (χ0n) is 13.0. The highest BCUT2D eigenvalue weighted by Gasteiger charge is 2.20. The summed E-state index contributed by atoms with van der Waals surface area (Å²) in [4.78, 5) is 14.4. The van der Waals surface area contributed by atoms with Gasteiger partial charge >= 0.3 is 0 Å². The van der Waals surface area contributed by atoms with E-state index in [9.17, 15) is 4.79 Å². The molecule has 2 aliphatic rings. The first-order chi connectivity index (χ1) is 9.77. The van der Waals surface area contributed by atoms with Crippen molar-refractivity contribution >= 4 is 5.91 Å². The maximum atomic E-state index is 12.0. The van der Waals surface area contributed by atoms with Crippen molar-refractivity contribution in [3.8, 4) is 0 Å². The van der Waals surface area contributed by atoms with Crippen LogP contribution in [0.3, 0.4) is 0 Å². The molecule has 1 heterocycles. The topological polar surface area (TPSA) is 44.4 Å². The lowest BCUT2D eigenvalue weighted by molar-refractivity contribution is -0.123. The van der Waals surface area contributed by atoms with E-state index in [2.05, 4.69) is 22.6 Å². The summed E-state index contributed by atoms with van der Waals surface area (Å²) in [6.45, 7) is 2.90. The van der Waals surface area contributed by atoms with Crippen molar-refractivity contribution < 1.29 is 4.79 Å². The third-order valence-corrected chi connectivity index (χ3v) is 4.81. The number of nitrogens with zero attached hydrogens (tertiary/aromatic N) is 1. The lowest BCUT2D eigenvalue weighted by Gasteiger charge is -2.31. The fraction of sp³-hybridized carbons (Fsp3) is 0.938. The molecular formula is C16H31N3O. The van der Waals surface area contributed by atoms with Gasteiger partial charge in [0, 0.05) is 12.6 Å². The molecule has 4 heteroatoms. The fourth-order valence-corrected chi connectivity index (χ4v) is 3.44. The fourth-order valence-electron chi connectivity index (χ4n) is 3.44. The third-order valence-electron chi connectivity index (χ3n) is 4.81. The van der Waals surface area contributed by atoms with Gasteiger partial charge in [-0.3, -0.25) is 4.79 Å². The molecule has 0 spiro atoms. The van der Waals surface area contributed by atoms with Crippen LogP contribution < -0.4 is 10.6 Å². The van der Waals surface area contributed by atoms with Gasteiger partial charge in [0.1, 0.15) is 0 Å². The van der Waals surface area contributed by atoms with E-state index in [-0.39, 0.29) is 11.9 Å². The van der Waals surface area contributed by atoms with E-state index < -0.39 is 0 Å². The van der Waals surface area contributed by atoms with Gasteiger partial charge in [-0.1, -0.05) is 25.7 Å². The van der Waals surface area contributed by atoms with Crippen LogP contribution in [-0.4, -0.2) is 49.6 Å². The summed E-state index contributed by atoms with van der Waals surface area (Å²) in [6, 6.07) is 0.833. The number of hydrogen-bond acceptors (Lipinski definition) is 3. The summed E-state index contributed by atoms with van der Waals surface area (Å²) in [5.74, 6) is 0.199. The van der Waals surface area contributed by atoms with Crippen molar-refractivity contribution in [2.75, 3.05) is 26.7 Å². The summed E-state index contributed by atoms with van der Waals surface area (Å²) >= 11 is 0. The van der Waals surface area contributed by atoms with Crippen molar-refractivity contribution in [3.63, 3.8) is 0 Å². The minimum absolute atomic E-state index is 0.0554. The summed E-state index contributed by atoms with van der Waals surface area (Å²) in [5.41, 5.74) is 0. The molecule has 1 saturated heterocycles. The Bertz CT molecular complexity index is 283. The monoisotopic (exact) mass is 281 g/mol. The SMILES string of the molecule is CN(CCCNC(=O)C1CCCCN1)C1CCCCC1. The molecule has 0 aromatic carbocycles. The first-order valence-corrected chi connectivity index (χ1v) is 8.48. The molecule has 1 aliphatic carbocycles. The van der Waals surface area contributed by atoms with E-state index >= 15 is 0 Å². The normalized spacial score (nSPS) is 24.8. The first kappa shape index (κ1) is 15.8. The van der Waals surface area contributed by atoms with E-state index in [1.165, 1.54) is 44.9 Å². The number of nitrogens with one attached hydrogen (secondary N) is 2. The number of amides is 1. The lowest BCUT2D eigenvalue weighted by Crippen LogP contribution is -2.47. The highest BCUT2D eigenvalue weighted by Crippen LogP contribution is 2.21. The van der Waals surface area contributed by atoms with Crippen molar-refractivity contribution in [2.24, 2.45) is 0 Å². The standard InChI is InChI=1S/C16H31N3O/c1-19(14-8-3-2-4-9-14)13-7-12-18-16(20)15-10-5-6-11-17-15/h14-15,17H,2-13H2,1H3,(H,18,20). The van der Waals surface area contributed by atoms with Crippen LogP contribution in [0.1, 0.15) is 57.8 Å². The van der Waals surface area contributed by atoms with Crippen molar-refractivity contribution in [1.82, 2.24) is 15.5 Å². The molecule has 0 aromatic heterocycles. The molecule has 0 radical (unpaired) electrons.